The van der Waals surface area contributed by atoms with Crippen LogP contribution in [0.1, 0.15) is 6.42 Å². The zero-order chi connectivity index (χ0) is 7.45. The van der Waals surface area contributed by atoms with Gasteiger partial charge in [0.2, 0.25) is 0 Å². The highest BCUT2D eigenvalue weighted by Gasteiger charge is 2.26. The molecule has 2 nitrogen and oxygen atoms in total. The van der Waals surface area contributed by atoms with Gasteiger partial charge in [-0.15, -0.1) is 0 Å². The van der Waals surface area contributed by atoms with Crippen LogP contribution in [0.3, 0.4) is 0 Å². The van der Waals surface area contributed by atoms with E-state index in [1.54, 1.807) is 12.2 Å². The van der Waals surface area contributed by atoms with Crippen molar-refractivity contribution in [2.75, 3.05) is 13.4 Å². The summed E-state index contributed by atoms with van der Waals surface area (Å²) in [6.07, 6.45) is 4.35. The summed E-state index contributed by atoms with van der Waals surface area (Å²) < 4.78 is 10.3. The van der Waals surface area contributed by atoms with E-state index >= 15 is 0 Å². The van der Waals surface area contributed by atoms with Gasteiger partial charge in [0.25, 0.3) is 0 Å². The fourth-order valence-electron chi connectivity index (χ4n) is 0.919. The van der Waals surface area contributed by atoms with Gasteiger partial charge in [-0.2, -0.15) is 0 Å². The molecule has 0 aromatic rings. The third-order valence-corrected chi connectivity index (χ3v) is 1.74. The Kier molecular flexibility index (Phi) is 2.25. The van der Waals surface area contributed by atoms with E-state index in [1.165, 1.54) is 0 Å². The van der Waals surface area contributed by atoms with Crippen molar-refractivity contribution in [3.8, 4) is 0 Å². The molecule has 1 aliphatic heterocycles. The maximum atomic E-state index is 5.31. The fraction of sp³-hybridized carbons (Fsp3) is 0.500. The summed E-state index contributed by atoms with van der Waals surface area (Å²) in [5.74, 6) is 0. The van der Waals surface area contributed by atoms with Crippen molar-refractivity contribution in [3.05, 3.63) is 25.3 Å². The van der Waals surface area contributed by atoms with E-state index in [-0.39, 0.29) is 5.60 Å². The normalized spacial score (nSPS) is 23.6. The second kappa shape index (κ2) is 2.99. The van der Waals surface area contributed by atoms with Crippen LogP contribution in [-0.4, -0.2) is 19.0 Å². The molecule has 0 aromatic heterocycles. The monoisotopic (exact) mass is 140 g/mol. The Morgan fingerprint density at radius 1 is 1.30 bits per heavy atom. The molecule has 1 heterocycles. The quantitative estimate of drug-likeness (QED) is 0.541. The Labute approximate surface area is 61.1 Å². The highest BCUT2D eigenvalue weighted by Crippen LogP contribution is 2.22. The smallest absolute Gasteiger partial charge is 0.148 e. The predicted octanol–water partition coefficient (Wildman–Crippen LogP) is 1.49. The lowest BCUT2D eigenvalue weighted by molar-refractivity contribution is -0.153. The van der Waals surface area contributed by atoms with Gasteiger partial charge in [0.15, 0.2) is 0 Å². The van der Waals surface area contributed by atoms with E-state index in [0.717, 1.165) is 13.0 Å². The van der Waals surface area contributed by atoms with Crippen LogP contribution in [-0.2, 0) is 9.47 Å². The molecule has 0 amide bonds. The number of ether oxygens (including phenoxy) is 2. The molecule has 0 N–H and O–H groups in total. The summed E-state index contributed by atoms with van der Waals surface area (Å²) in [7, 11) is 0. The molecule has 2 heteroatoms. The molecule has 1 fully saturated rings. The molecule has 0 aromatic carbocycles. The Balaban J connectivity index is 2.60. The van der Waals surface area contributed by atoms with Gasteiger partial charge in [0.1, 0.15) is 12.4 Å². The Morgan fingerprint density at radius 2 is 2.00 bits per heavy atom. The third kappa shape index (κ3) is 1.28. The predicted molar refractivity (Wildman–Crippen MR) is 39.6 cm³/mol. The summed E-state index contributed by atoms with van der Waals surface area (Å²) >= 11 is 0. The molecule has 0 bridgehead atoms. The number of hydrogen-bond acceptors (Lipinski definition) is 2. The molecule has 1 aliphatic rings. The van der Waals surface area contributed by atoms with Crippen molar-refractivity contribution in [3.63, 3.8) is 0 Å². The lowest BCUT2D eigenvalue weighted by atomic mass is 10.00. The van der Waals surface area contributed by atoms with Gasteiger partial charge >= 0.3 is 0 Å². The Bertz CT molecular complexity index is 124. The summed E-state index contributed by atoms with van der Waals surface area (Å²) in [5, 5.41) is 0. The van der Waals surface area contributed by atoms with E-state index in [0.29, 0.717) is 6.79 Å². The van der Waals surface area contributed by atoms with Crippen LogP contribution >= 0.6 is 0 Å². The summed E-state index contributed by atoms with van der Waals surface area (Å²) in [6, 6.07) is 0. The average Bonchev–Trinajstić information content (AvgIpc) is 2.06. The molecular formula is C8H12O2. The molecule has 0 aliphatic carbocycles. The highest BCUT2D eigenvalue weighted by atomic mass is 16.7. The van der Waals surface area contributed by atoms with Gasteiger partial charge in [-0.3, -0.25) is 0 Å². The summed E-state index contributed by atoms with van der Waals surface area (Å²) in [5.41, 5.74) is -0.335. The largest absolute Gasteiger partial charge is 0.355 e. The molecule has 1 rings (SSSR count). The first kappa shape index (κ1) is 7.51. The first-order valence-corrected chi connectivity index (χ1v) is 3.32. The molecule has 1 saturated heterocycles. The SMILES string of the molecule is C=CC1(C=C)CCOCO1. The van der Waals surface area contributed by atoms with Crippen molar-refractivity contribution in [2.24, 2.45) is 0 Å². The molecule has 10 heavy (non-hydrogen) atoms. The van der Waals surface area contributed by atoms with Crippen LogP contribution in [0.4, 0.5) is 0 Å². The lowest BCUT2D eigenvalue weighted by Gasteiger charge is -2.31. The Morgan fingerprint density at radius 3 is 2.30 bits per heavy atom. The lowest BCUT2D eigenvalue weighted by Crippen LogP contribution is -2.34. The molecule has 0 unspecified atom stereocenters. The van der Waals surface area contributed by atoms with Crippen molar-refractivity contribution < 1.29 is 9.47 Å². The maximum absolute atomic E-state index is 5.31. The van der Waals surface area contributed by atoms with Gasteiger partial charge in [-0.1, -0.05) is 25.3 Å². The fourth-order valence-corrected chi connectivity index (χ4v) is 0.919. The van der Waals surface area contributed by atoms with Crippen molar-refractivity contribution >= 4 is 0 Å². The average molecular weight is 140 g/mol. The van der Waals surface area contributed by atoms with Crippen LogP contribution in [0, 0.1) is 0 Å². The molecule has 56 valence electrons. The van der Waals surface area contributed by atoms with Crippen LogP contribution in [0.5, 0.6) is 0 Å². The number of hydrogen-bond donors (Lipinski definition) is 0. The maximum Gasteiger partial charge on any atom is 0.148 e. The standard InChI is InChI=1S/C8H12O2/c1-3-8(4-2)5-6-9-7-10-8/h3-4H,1-2,5-7H2. The first-order chi connectivity index (χ1) is 4.83. The van der Waals surface area contributed by atoms with Gasteiger partial charge in [0.05, 0.1) is 6.61 Å². The van der Waals surface area contributed by atoms with Gasteiger partial charge in [-0.25, -0.2) is 0 Å². The summed E-state index contributed by atoms with van der Waals surface area (Å²) in [4.78, 5) is 0. The Hall–Kier alpha value is -0.600. The zero-order valence-corrected chi connectivity index (χ0v) is 6.01. The van der Waals surface area contributed by atoms with Crippen LogP contribution in [0.15, 0.2) is 25.3 Å². The third-order valence-electron chi connectivity index (χ3n) is 1.74. The molecule has 0 spiro atoms. The topological polar surface area (TPSA) is 18.5 Å². The van der Waals surface area contributed by atoms with E-state index in [9.17, 15) is 0 Å². The van der Waals surface area contributed by atoms with Crippen LogP contribution in [0.25, 0.3) is 0 Å². The first-order valence-electron chi connectivity index (χ1n) is 3.32. The van der Waals surface area contributed by atoms with E-state index < -0.39 is 0 Å². The second-order valence-corrected chi connectivity index (χ2v) is 2.28. The van der Waals surface area contributed by atoms with Crippen molar-refractivity contribution in [2.45, 2.75) is 12.0 Å². The van der Waals surface area contributed by atoms with Crippen LogP contribution in [0.2, 0.25) is 0 Å². The van der Waals surface area contributed by atoms with Gasteiger partial charge < -0.3 is 9.47 Å². The van der Waals surface area contributed by atoms with Crippen LogP contribution < -0.4 is 0 Å². The van der Waals surface area contributed by atoms with Crippen molar-refractivity contribution in [1.82, 2.24) is 0 Å². The van der Waals surface area contributed by atoms with Gasteiger partial charge in [-0.05, 0) is 0 Å². The summed E-state index contributed by atoms with van der Waals surface area (Å²) in [6.45, 7) is 8.42. The minimum absolute atomic E-state index is 0.335. The minimum atomic E-state index is -0.335. The zero-order valence-electron chi connectivity index (χ0n) is 6.01. The minimum Gasteiger partial charge on any atom is -0.355 e. The van der Waals surface area contributed by atoms with Crippen molar-refractivity contribution in [1.29, 1.82) is 0 Å². The van der Waals surface area contributed by atoms with E-state index in [1.807, 2.05) is 0 Å². The molecular weight excluding hydrogens is 128 g/mol. The second-order valence-electron chi connectivity index (χ2n) is 2.28. The van der Waals surface area contributed by atoms with E-state index in [4.69, 9.17) is 9.47 Å². The van der Waals surface area contributed by atoms with Gasteiger partial charge in [0, 0.05) is 6.42 Å². The molecule has 0 saturated carbocycles. The highest BCUT2D eigenvalue weighted by molar-refractivity contribution is 5.10. The molecule has 0 radical (unpaired) electrons. The van der Waals surface area contributed by atoms with E-state index in [2.05, 4.69) is 13.2 Å². The molecule has 0 atom stereocenters. The number of rotatable bonds is 2.